The lowest BCUT2D eigenvalue weighted by atomic mass is 10.00. The molecule has 1 aromatic heterocycles. The maximum Gasteiger partial charge on any atom is 0.339 e. The van der Waals surface area contributed by atoms with Crippen molar-refractivity contribution in [3.05, 3.63) is 52.1 Å². The van der Waals surface area contributed by atoms with E-state index in [0.29, 0.717) is 23.0 Å². The molecule has 0 radical (unpaired) electrons. The quantitative estimate of drug-likeness (QED) is 0.784. The first-order valence-corrected chi connectivity index (χ1v) is 9.28. The summed E-state index contributed by atoms with van der Waals surface area (Å²) in [5.41, 5.74) is 0.954. The summed E-state index contributed by atoms with van der Waals surface area (Å²) in [6, 6.07) is 8.40. The highest BCUT2D eigenvalue weighted by molar-refractivity contribution is 9.10. The third-order valence-corrected chi connectivity index (χ3v) is 4.95. The maximum atomic E-state index is 12.3. The van der Waals surface area contributed by atoms with Gasteiger partial charge in [0.2, 0.25) is 0 Å². The van der Waals surface area contributed by atoms with Gasteiger partial charge in [0, 0.05) is 23.1 Å². The van der Waals surface area contributed by atoms with E-state index in [1.54, 1.807) is 24.3 Å². The molecule has 1 aromatic carbocycles. The minimum absolute atomic E-state index is 0.104. The molecule has 1 aliphatic heterocycles. The van der Waals surface area contributed by atoms with E-state index in [4.69, 9.17) is 0 Å². The number of carboxylic acid groups (broad SMARTS) is 1. The molecule has 1 atom stereocenters. The molecule has 1 amide bonds. The van der Waals surface area contributed by atoms with Gasteiger partial charge in [-0.05, 0) is 49.1 Å². The summed E-state index contributed by atoms with van der Waals surface area (Å²) in [5.74, 6) is -0.393. The van der Waals surface area contributed by atoms with Crippen molar-refractivity contribution in [2.45, 2.75) is 19.8 Å². The van der Waals surface area contributed by atoms with E-state index >= 15 is 0 Å². The Morgan fingerprint density at radius 1 is 1.31 bits per heavy atom. The Morgan fingerprint density at radius 3 is 2.69 bits per heavy atom. The van der Waals surface area contributed by atoms with Crippen molar-refractivity contribution in [2.75, 3.05) is 23.3 Å². The zero-order valence-electron chi connectivity index (χ0n) is 14.4. The number of pyridine rings is 1. The van der Waals surface area contributed by atoms with Crippen LogP contribution in [0.1, 0.15) is 40.5 Å². The van der Waals surface area contributed by atoms with Crippen LogP contribution >= 0.6 is 15.9 Å². The molecule has 0 aliphatic carbocycles. The van der Waals surface area contributed by atoms with E-state index < -0.39 is 5.97 Å². The second kappa shape index (κ2) is 7.86. The van der Waals surface area contributed by atoms with E-state index in [9.17, 15) is 14.7 Å². The van der Waals surface area contributed by atoms with Crippen LogP contribution in [0.15, 0.2) is 41.0 Å². The molecule has 3 rings (SSSR count). The van der Waals surface area contributed by atoms with E-state index in [1.165, 1.54) is 12.3 Å². The smallest absolute Gasteiger partial charge is 0.339 e. The highest BCUT2D eigenvalue weighted by Crippen LogP contribution is 2.26. The maximum absolute atomic E-state index is 12.3. The third kappa shape index (κ3) is 4.22. The fourth-order valence-electron chi connectivity index (χ4n) is 3.12. The monoisotopic (exact) mass is 417 g/mol. The first kappa shape index (κ1) is 18.4. The van der Waals surface area contributed by atoms with E-state index in [1.807, 2.05) is 4.90 Å². The number of carboxylic acids is 1. The van der Waals surface area contributed by atoms with Crippen LogP contribution in [0, 0.1) is 5.92 Å². The van der Waals surface area contributed by atoms with Gasteiger partial charge in [-0.1, -0.05) is 22.9 Å². The predicted molar refractivity (Wildman–Crippen MR) is 104 cm³/mol. The molecule has 0 bridgehead atoms. The second-order valence-corrected chi connectivity index (χ2v) is 7.47. The number of halogens is 1. The molecule has 1 fully saturated rings. The fourth-order valence-corrected chi connectivity index (χ4v) is 3.39. The molecule has 2 N–H and O–H groups in total. The Hall–Kier alpha value is -2.41. The summed E-state index contributed by atoms with van der Waals surface area (Å²) in [4.78, 5) is 30.4. The number of anilines is 2. The Labute approximate surface area is 160 Å². The van der Waals surface area contributed by atoms with E-state index in [2.05, 4.69) is 33.2 Å². The number of hydrogen-bond donors (Lipinski definition) is 2. The number of aromatic carboxylic acids is 1. The molecule has 136 valence electrons. The molecule has 1 saturated heterocycles. The van der Waals surface area contributed by atoms with Crippen LogP contribution < -0.4 is 10.2 Å². The number of amides is 1. The van der Waals surface area contributed by atoms with Crippen molar-refractivity contribution in [1.82, 2.24) is 4.98 Å². The van der Waals surface area contributed by atoms with E-state index in [0.717, 1.165) is 30.4 Å². The van der Waals surface area contributed by atoms with Crippen LogP contribution in [0.25, 0.3) is 0 Å². The van der Waals surface area contributed by atoms with Crippen LogP contribution in [0.2, 0.25) is 0 Å². The summed E-state index contributed by atoms with van der Waals surface area (Å²) < 4.78 is 0.879. The molecule has 2 aromatic rings. The number of hydrogen-bond acceptors (Lipinski definition) is 4. The number of piperidine rings is 1. The van der Waals surface area contributed by atoms with Gasteiger partial charge in [-0.2, -0.15) is 0 Å². The molecule has 1 unspecified atom stereocenters. The Morgan fingerprint density at radius 2 is 2.04 bits per heavy atom. The van der Waals surface area contributed by atoms with Crippen LogP contribution in [-0.4, -0.2) is 35.1 Å². The largest absolute Gasteiger partial charge is 0.478 e. The molecule has 0 spiro atoms. The summed E-state index contributed by atoms with van der Waals surface area (Å²) in [6.07, 6.45) is 3.67. The van der Waals surface area contributed by atoms with Crippen molar-refractivity contribution >= 4 is 39.3 Å². The Kier molecular flexibility index (Phi) is 5.56. The number of benzene rings is 1. The Balaban J connectivity index is 1.83. The molecule has 26 heavy (non-hydrogen) atoms. The summed E-state index contributed by atoms with van der Waals surface area (Å²) in [5, 5.41) is 12.3. The van der Waals surface area contributed by atoms with Crippen molar-refractivity contribution < 1.29 is 14.7 Å². The lowest BCUT2D eigenvalue weighted by molar-refractivity contribution is 0.0696. The minimum Gasteiger partial charge on any atom is -0.478 e. The highest BCUT2D eigenvalue weighted by Gasteiger charge is 2.23. The summed E-state index contributed by atoms with van der Waals surface area (Å²) in [7, 11) is 0. The number of nitrogens with one attached hydrogen (secondary N) is 1. The Bertz CT molecular complexity index is 823. The number of carbonyl (C=O) groups excluding carboxylic acids is 1. The average Bonchev–Trinajstić information content (AvgIpc) is 2.62. The normalized spacial score (nSPS) is 17.0. The van der Waals surface area contributed by atoms with Crippen LogP contribution in [0.3, 0.4) is 0 Å². The minimum atomic E-state index is -1.05. The van der Waals surface area contributed by atoms with Crippen LogP contribution in [0.5, 0.6) is 0 Å². The SMILES string of the molecule is CC1CCCN(c2ncc(NC(=O)c3ccc(Br)cc3)cc2C(=O)O)C1. The number of carbonyl (C=O) groups is 2. The molecule has 0 saturated carbocycles. The van der Waals surface area contributed by atoms with Gasteiger partial charge in [0.25, 0.3) is 5.91 Å². The lowest BCUT2D eigenvalue weighted by Crippen LogP contribution is -2.36. The van der Waals surface area contributed by atoms with E-state index in [-0.39, 0.29) is 11.5 Å². The van der Waals surface area contributed by atoms with Crippen molar-refractivity contribution in [2.24, 2.45) is 5.92 Å². The van der Waals surface area contributed by atoms with Gasteiger partial charge in [0.15, 0.2) is 0 Å². The standard InChI is InChI=1S/C19H20BrN3O3/c1-12-3-2-8-23(11-12)17-16(19(25)26)9-15(10-21-17)22-18(24)13-4-6-14(20)7-5-13/h4-7,9-10,12H,2-3,8,11H2,1H3,(H,22,24)(H,25,26). The lowest BCUT2D eigenvalue weighted by Gasteiger charge is -2.32. The second-order valence-electron chi connectivity index (χ2n) is 6.55. The van der Waals surface area contributed by atoms with Crippen molar-refractivity contribution in [3.63, 3.8) is 0 Å². The topological polar surface area (TPSA) is 82.5 Å². The molecule has 2 heterocycles. The van der Waals surface area contributed by atoms with Crippen LogP contribution in [0.4, 0.5) is 11.5 Å². The number of aromatic nitrogens is 1. The predicted octanol–water partition coefficient (Wildman–Crippen LogP) is 4.03. The van der Waals surface area contributed by atoms with Gasteiger partial charge in [-0.3, -0.25) is 4.79 Å². The highest BCUT2D eigenvalue weighted by atomic mass is 79.9. The molecule has 6 nitrogen and oxygen atoms in total. The molecular weight excluding hydrogens is 398 g/mol. The average molecular weight is 418 g/mol. The van der Waals surface area contributed by atoms with Gasteiger partial charge in [0.05, 0.1) is 11.9 Å². The van der Waals surface area contributed by atoms with Gasteiger partial charge in [-0.15, -0.1) is 0 Å². The van der Waals surface area contributed by atoms with Crippen LogP contribution in [-0.2, 0) is 0 Å². The van der Waals surface area contributed by atoms with Gasteiger partial charge >= 0.3 is 5.97 Å². The third-order valence-electron chi connectivity index (χ3n) is 4.42. The summed E-state index contributed by atoms with van der Waals surface area (Å²) in [6.45, 7) is 3.74. The first-order chi connectivity index (χ1) is 12.4. The van der Waals surface area contributed by atoms with Crippen molar-refractivity contribution in [3.8, 4) is 0 Å². The number of rotatable bonds is 4. The zero-order chi connectivity index (χ0) is 18.7. The molecular formula is C19H20BrN3O3. The summed E-state index contributed by atoms with van der Waals surface area (Å²) >= 11 is 3.33. The van der Waals surface area contributed by atoms with Crippen molar-refractivity contribution in [1.29, 1.82) is 0 Å². The zero-order valence-corrected chi connectivity index (χ0v) is 16.0. The fraction of sp³-hybridized carbons (Fsp3) is 0.316. The molecule has 7 heteroatoms. The van der Waals surface area contributed by atoms with Gasteiger partial charge in [0.1, 0.15) is 11.4 Å². The molecule has 1 aliphatic rings. The van der Waals surface area contributed by atoms with Gasteiger partial charge in [-0.25, -0.2) is 9.78 Å². The number of nitrogens with zero attached hydrogens (tertiary/aromatic N) is 2. The van der Waals surface area contributed by atoms with Gasteiger partial charge < -0.3 is 15.3 Å². The first-order valence-electron chi connectivity index (χ1n) is 8.49.